The molecule has 0 amide bonds. The Labute approximate surface area is 129 Å². The van der Waals surface area contributed by atoms with Crippen molar-refractivity contribution in [3.63, 3.8) is 0 Å². The molecule has 0 spiro atoms. The molecule has 0 aliphatic rings. The van der Waals surface area contributed by atoms with Gasteiger partial charge in [0.25, 0.3) is 5.69 Å². The van der Waals surface area contributed by atoms with E-state index in [0.717, 1.165) is 12.2 Å². The molecule has 1 aromatic heterocycles. The maximum atomic E-state index is 10.7. The average molecular weight is 301 g/mol. The van der Waals surface area contributed by atoms with Crippen LogP contribution in [0.2, 0.25) is 0 Å². The highest BCUT2D eigenvalue weighted by atomic mass is 16.6. The third-order valence-electron chi connectivity index (χ3n) is 3.20. The van der Waals surface area contributed by atoms with Gasteiger partial charge in [-0.05, 0) is 38.5 Å². The van der Waals surface area contributed by atoms with Crippen molar-refractivity contribution in [1.29, 1.82) is 0 Å². The number of nitro groups is 1. The maximum Gasteiger partial charge on any atom is 0.290 e. The van der Waals surface area contributed by atoms with Crippen LogP contribution in [0.5, 0.6) is 5.75 Å². The second-order valence-electron chi connectivity index (χ2n) is 5.05. The van der Waals surface area contributed by atoms with Crippen molar-refractivity contribution in [1.82, 2.24) is 4.98 Å². The van der Waals surface area contributed by atoms with Crippen molar-refractivity contribution >= 4 is 11.5 Å². The quantitative estimate of drug-likeness (QED) is 0.481. The van der Waals surface area contributed by atoms with Gasteiger partial charge in [-0.25, -0.2) is 4.98 Å². The Morgan fingerprint density at radius 1 is 1.27 bits per heavy atom. The van der Waals surface area contributed by atoms with Crippen LogP contribution in [0.25, 0.3) is 0 Å². The van der Waals surface area contributed by atoms with Crippen molar-refractivity contribution in [2.45, 2.75) is 20.3 Å². The fourth-order valence-electron chi connectivity index (χ4n) is 1.95. The first kappa shape index (κ1) is 15.8. The Kier molecular flexibility index (Phi) is 5.30. The standard InChI is InChI=1S/C16H19N3O3/c1-12-4-6-14(7-5-12)22-9-3-8-17-16-10-13(2)15(11-18-16)19(20)21/h4-7,10-11H,3,8-9H2,1-2H3,(H,17,18). The Bertz CT molecular complexity index is 642. The molecule has 6 heteroatoms. The van der Waals surface area contributed by atoms with Crippen LogP contribution in [0.1, 0.15) is 17.5 Å². The number of nitrogens with one attached hydrogen (secondary N) is 1. The number of hydrogen-bond acceptors (Lipinski definition) is 5. The lowest BCUT2D eigenvalue weighted by molar-refractivity contribution is -0.385. The first-order valence-corrected chi connectivity index (χ1v) is 7.10. The second kappa shape index (κ2) is 7.40. The summed E-state index contributed by atoms with van der Waals surface area (Å²) in [6.07, 6.45) is 2.09. The number of aromatic nitrogens is 1. The van der Waals surface area contributed by atoms with Gasteiger partial charge in [0.1, 0.15) is 17.8 Å². The third kappa shape index (κ3) is 4.44. The van der Waals surface area contributed by atoms with Gasteiger partial charge in [0.15, 0.2) is 0 Å². The van der Waals surface area contributed by atoms with Crippen LogP contribution in [-0.2, 0) is 0 Å². The minimum atomic E-state index is -0.429. The molecule has 0 saturated carbocycles. The minimum absolute atomic E-state index is 0.0354. The zero-order chi connectivity index (χ0) is 15.9. The summed E-state index contributed by atoms with van der Waals surface area (Å²) in [7, 11) is 0. The Morgan fingerprint density at radius 2 is 2.00 bits per heavy atom. The molecule has 0 saturated heterocycles. The van der Waals surface area contributed by atoms with E-state index in [1.54, 1.807) is 13.0 Å². The highest BCUT2D eigenvalue weighted by molar-refractivity contribution is 5.46. The molecular weight excluding hydrogens is 282 g/mol. The first-order valence-electron chi connectivity index (χ1n) is 7.10. The molecular formula is C16H19N3O3. The van der Waals surface area contributed by atoms with Crippen LogP contribution >= 0.6 is 0 Å². The number of rotatable bonds is 7. The molecule has 22 heavy (non-hydrogen) atoms. The topological polar surface area (TPSA) is 77.3 Å². The molecule has 6 nitrogen and oxygen atoms in total. The summed E-state index contributed by atoms with van der Waals surface area (Å²) in [4.78, 5) is 14.3. The van der Waals surface area contributed by atoms with Crippen molar-refractivity contribution in [2.24, 2.45) is 0 Å². The average Bonchev–Trinajstić information content (AvgIpc) is 2.48. The predicted octanol–water partition coefficient (Wildman–Crippen LogP) is 3.49. The first-order chi connectivity index (χ1) is 10.6. The van der Waals surface area contributed by atoms with E-state index in [0.29, 0.717) is 24.5 Å². The highest BCUT2D eigenvalue weighted by Crippen LogP contribution is 2.18. The number of pyridine rings is 1. The molecule has 2 rings (SSSR count). The molecule has 0 aliphatic carbocycles. The molecule has 2 aromatic rings. The number of anilines is 1. The monoisotopic (exact) mass is 301 g/mol. The van der Waals surface area contributed by atoms with Crippen molar-refractivity contribution < 1.29 is 9.66 Å². The molecule has 1 N–H and O–H groups in total. The van der Waals surface area contributed by atoms with Gasteiger partial charge < -0.3 is 10.1 Å². The largest absolute Gasteiger partial charge is 0.494 e. The fourth-order valence-corrected chi connectivity index (χ4v) is 1.95. The molecule has 0 fully saturated rings. The maximum absolute atomic E-state index is 10.7. The highest BCUT2D eigenvalue weighted by Gasteiger charge is 2.10. The van der Waals surface area contributed by atoms with E-state index in [9.17, 15) is 10.1 Å². The zero-order valence-electron chi connectivity index (χ0n) is 12.7. The van der Waals surface area contributed by atoms with Crippen molar-refractivity contribution in [3.05, 3.63) is 57.8 Å². The van der Waals surface area contributed by atoms with E-state index in [1.807, 2.05) is 31.2 Å². The van der Waals surface area contributed by atoms with E-state index >= 15 is 0 Å². The van der Waals surface area contributed by atoms with E-state index in [1.165, 1.54) is 11.8 Å². The molecule has 0 unspecified atom stereocenters. The van der Waals surface area contributed by atoms with Gasteiger partial charge in [-0.2, -0.15) is 0 Å². The van der Waals surface area contributed by atoms with Gasteiger partial charge in [-0.1, -0.05) is 17.7 Å². The molecule has 1 heterocycles. The summed E-state index contributed by atoms with van der Waals surface area (Å²) >= 11 is 0. The Morgan fingerprint density at radius 3 is 2.64 bits per heavy atom. The van der Waals surface area contributed by atoms with Crippen molar-refractivity contribution in [2.75, 3.05) is 18.5 Å². The van der Waals surface area contributed by atoms with Crippen LogP contribution in [0, 0.1) is 24.0 Å². The molecule has 0 atom stereocenters. The van der Waals surface area contributed by atoms with Gasteiger partial charge in [0, 0.05) is 12.1 Å². The molecule has 0 bridgehead atoms. The normalized spacial score (nSPS) is 10.3. The summed E-state index contributed by atoms with van der Waals surface area (Å²) in [5.74, 6) is 1.49. The van der Waals surface area contributed by atoms with Crippen LogP contribution in [-0.4, -0.2) is 23.1 Å². The van der Waals surface area contributed by atoms with Crippen LogP contribution < -0.4 is 10.1 Å². The van der Waals surface area contributed by atoms with Gasteiger partial charge >= 0.3 is 0 Å². The van der Waals surface area contributed by atoms with E-state index < -0.39 is 4.92 Å². The lowest BCUT2D eigenvalue weighted by Crippen LogP contribution is -2.08. The van der Waals surface area contributed by atoms with Crippen LogP contribution in [0.3, 0.4) is 0 Å². The fraction of sp³-hybridized carbons (Fsp3) is 0.312. The Hall–Kier alpha value is -2.63. The van der Waals surface area contributed by atoms with Gasteiger partial charge in [-0.15, -0.1) is 0 Å². The number of ether oxygens (including phenoxy) is 1. The second-order valence-corrected chi connectivity index (χ2v) is 5.05. The van der Waals surface area contributed by atoms with Crippen LogP contribution in [0.4, 0.5) is 11.5 Å². The van der Waals surface area contributed by atoms with Gasteiger partial charge in [0.05, 0.1) is 11.5 Å². The number of benzene rings is 1. The lowest BCUT2D eigenvalue weighted by Gasteiger charge is -2.08. The lowest BCUT2D eigenvalue weighted by atomic mass is 10.2. The molecule has 116 valence electrons. The van der Waals surface area contributed by atoms with E-state index in [2.05, 4.69) is 10.3 Å². The summed E-state index contributed by atoms with van der Waals surface area (Å²) in [6, 6.07) is 9.60. The van der Waals surface area contributed by atoms with E-state index in [-0.39, 0.29) is 5.69 Å². The smallest absolute Gasteiger partial charge is 0.290 e. The summed E-state index contributed by atoms with van der Waals surface area (Å²) in [5.41, 5.74) is 1.83. The number of aryl methyl sites for hydroxylation is 2. The molecule has 0 aliphatic heterocycles. The van der Waals surface area contributed by atoms with E-state index in [4.69, 9.17) is 4.74 Å². The predicted molar refractivity (Wildman–Crippen MR) is 85.4 cm³/mol. The third-order valence-corrected chi connectivity index (χ3v) is 3.20. The number of hydrogen-bond donors (Lipinski definition) is 1. The summed E-state index contributed by atoms with van der Waals surface area (Å²) in [5, 5.41) is 13.8. The SMILES string of the molecule is Cc1ccc(OCCCNc2cc(C)c([N+](=O)[O-])cn2)cc1. The zero-order valence-corrected chi connectivity index (χ0v) is 12.7. The Balaban J connectivity index is 1.73. The van der Waals surface area contributed by atoms with Crippen LogP contribution in [0.15, 0.2) is 36.5 Å². The minimum Gasteiger partial charge on any atom is -0.494 e. The van der Waals surface area contributed by atoms with Gasteiger partial charge in [0.2, 0.25) is 0 Å². The van der Waals surface area contributed by atoms with Gasteiger partial charge in [-0.3, -0.25) is 10.1 Å². The van der Waals surface area contributed by atoms with Crippen molar-refractivity contribution in [3.8, 4) is 5.75 Å². The number of nitrogens with zero attached hydrogens (tertiary/aromatic N) is 2. The molecule has 1 aromatic carbocycles. The summed E-state index contributed by atoms with van der Waals surface area (Å²) in [6.45, 7) is 5.02. The summed E-state index contributed by atoms with van der Waals surface area (Å²) < 4.78 is 5.62. The molecule has 0 radical (unpaired) electrons.